The largest absolute Gasteiger partial charge is 0.481 e. The van der Waals surface area contributed by atoms with Crippen LogP contribution in [0.1, 0.15) is 51.4 Å². The molecule has 1 aliphatic carbocycles. The third kappa shape index (κ3) is 8.06. The molecule has 2 N–H and O–H groups in total. The van der Waals surface area contributed by atoms with Gasteiger partial charge in [0, 0.05) is 35.7 Å². The normalized spacial score (nSPS) is 19.6. The number of benzene rings is 1. The molecule has 2 aromatic heterocycles. The number of fused-ring (bicyclic) bond motifs is 1. The molecule has 13 heteroatoms. The summed E-state index contributed by atoms with van der Waals surface area (Å²) in [5.41, 5.74) is 1.86. The highest BCUT2D eigenvalue weighted by Crippen LogP contribution is 2.44. The fourth-order valence-corrected chi connectivity index (χ4v) is 6.99. The molecule has 0 amide bonds. The van der Waals surface area contributed by atoms with Gasteiger partial charge in [-0.1, -0.05) is 43.7 Å². The second-order valence-corrected chi connectivity index (χ2v) is 13.1. The predicted molar refractivity (Wildman–Crippen MR) is 192 cm³/mol. The number of carboxylic acid groups (broad SMARTS) is 1. The van der Waals surface area contributed by atoms with Gasteiger partial charge < -0.3 is 24.6 Å². The number of esters is 1. The van der Waals surface area contributed by atoms with E-state index in [1.807, 2.05) is 19.1 Å². The molecule has 1 saturated carbocycles. The molecular weight excluding hydrogens is 669 g/mol. The van der Waals surface area contributed by atoms with E-state index < -0.39 is 11.9 Å². The Hall–Kier alpha value is -6.46. The number of hydrogen-bond acceptors (Lipinski definition) is 10. The van der Waals surface area contributed by atoms with E-state index in [1.165, 1.54) is 10.7 Å². The van der Waals surface area contributed by atoms with Crippen LogP contribution in [0.15, 0.2) is 35.0 Å². The first-order valence-corrected chi connectivity index (χ1v) is 16.7. The third-order valence-electron chi connectivity index (χ3n) is 8.20. The van der Waals surface area contributed by atoms with Crippen LogP contribution in [0.4, 0.5) is 10.7 Å². The van der Waals surface area contributed by atoms with E-state index in [4.69, 9.17) is 48.7 Å². The molecule has 0 saturated heterocycles. The number of carboxylic acids is 1. The van der Waals surface area contributed by atoms with Crippen molar-refractivity contribution in [2.75, 3.05) is 11.9 Å². The number of aliphatic imine (C=N–C) groups is 1. The van der Waals surface area contributed by atoms with E-state index in [0.29, 0.717) is 17.2 Å². The number of anilines is 1. The summed E-state index contributed by atoms with van der Waals surface area (Å²) in [6.07, 6.45) is 16.5. The first-order chi connectivity index (χ1) is 24.5. The first-order valence-electron chi connectivity index (χ1n) is 15.9. The molecule has 5 rings (SSSR count). The van der Waals surface area contributed by atoms with Crippen molar-refractivity contribution in [2.45, 2.75) is 53.1 Å². The van der Waals surface area contributed by atoms with Gasteiger partial charge in [-0.25, -0.2) is 24.3 Å². The van der Waals surface area contributed by atoms with Crippen LogP contribution in [-0.2, 0) is 14.3 Å². The van der Waals surface area contributed by atoms with Gasteiger partial charge in [0.15, 0.2) is 23.2 Å². The SMILES string of the molecule is [C-]#[N+]C1=C(C(=O)OC2C(C)CC(C)CC2C)c2nc(-c3cc(C)ccc3NCCC(=O)O)nn2C1=Nc1cc(OC#CC#C)c(OC#CC#C)s1. The lowest BCUT2D eigenvalue weighted by Crippen LogP contribution is -2.37. The van der Waals surface area contributed by atoms with Crippen LogP contribution in [0.5, 0.6) is 10.8 Å². The summed E-state index contributed by atoms with van der Waals surface area (Å²) >= 11 is 1.01. The van der Waals surface area contributed by atoms with Gasteiger partial charge in [-0.05, 0) is 61.5 Å². The highest BCUT2D eigenvalue weighted by Gasteiger charge is 2.41. The lowest BCUT2D eigenvalue weighted by atomic mass is 9.75. The number of aliphatic carboxylic acids is 1. The van der Waals surface area contributed by atoms with Gasteiger partial charge in [-0.3, -0.25) is 4.79 Å². The maximum absolute atomic E-state index is 14.1. The summed E-state index contributed by atoms with van der Waals surface area (Å²) < 4.78 is 18.4. The van der Waals surface area contributed by atoms with E-state index in [1.54, 1.807) is 6.07 Å². The number of allylic oxidation sites excluding steroid dienone is 1. The Labute approximate surface area is 299 Å². The van der Waals surface area contributed by atoms with Gasteiger partial charge in [-0.15, -0.1) is 17.9 Å². The lowest BCUT2D eigenvalue weighted by molar-refractivity contribution is -0.150. The number of carbonyl (C=O) groups excluding carboxylic acids is 1. The van der Waals surface area contributed by atoms with Crippen molar-refractivity contribution in [2.24, 2.45) is 22.7 Å². The third-order valence-corrected chi connectivity index (χ3v) is 9.09. The van der Waals surface area contributed by atoms with Crippen molar-refractivity contribution in [3.8, 4) is 70.9 Å². The number of thiophene rings is 1. The van der Waals surface area contributed by atoms with Gasteiger partial charge in [0.1, 0.15) is 28.9 Å². The van der Waals surface area contributed by atoms with E-state index in [9.17, 15) is 14.7 Å². The average Bonchev–Trinajstić information content (AvgIpc) is 3.76. The van der Waals surface area contributed by atoms with Gasteiger partial charge >= 0.3 is 11.9 Å². The van der Waals surface area contributed by atoms with Crippen molar-refractivity contribution in [3.63, 3.8) is 0 Å². The minimum atomic E-state index is -0.950. The van der Waals surface area contributed by atoms with E-state index in [-0.39, 0.29) is 75.5 Å². The Morgan fingerprint density at radius 2 is 1.84 bits per heavy atom. The van der Waals surface area contributed by atoms with Crippen molar-refractivity contribution in [3.05, 3.63) is 52.8 Å². The monoisotopic (exact) mass is 700 g/mol. The molecule has 3 heterocycles. The van der Waals surface area contributed by atoms with E-state index in [0.717, 1.165) is 29.7 Å². The van der Waals surface area contributed by atoms with Crippen LogP contribution in [-0.4, -0.2) is 50.3 Å². The van der Waals surface area contributed by atoms with Crippen LogP contribution in [0.3, 0.4) is 0 Å². The summed E-state index contributed by atoms with van der Waals surface area (Å²) in [7, 11) is 0. The molecule has 0 bridgehead atoms. The fraction of sp³-hybridized carbons (Fsp3) is 0.316. The number of ether oxygens (including phenoxy) is 3. The van der Waals surface area contributed by atoms with Crippen molar-refractivity contribution in [1.29, 1.82) is 0 Å². The van der Waals surface area contributed by atoms with Crippen LogP contribution in [0, 0.1) is 80.0 Å². The predicted octanol–water partition coefficient (Wildman–Crippen LogP) is 5.98. The zero-order valence-electron chi connectivity index (χ0n) is 28.2. The molecule has 0 spiro atoms. The lowest BCUT2D eigenvalue weighted by Gasteiger charge is -2.37. The smallest absolute Gasteiger partial charge is 0.331 e. The standard InChI is InChI=1S/C38H32N6O6S/c1-8-10-16-48-28-21-29(51-38(28)49-17-11-9-2)41-36-32(39-7)31(37(47)50-33-24(5)18-23(4)19-25(33)6)35-42-34(43-44(35)36)26-20-22(3)12-13-27(26)40-15-14-30(45)46/h1-2,12-13,20-21,23-25,33,40H,14-15,18-19H2,3-6H3,(H,45,46). The van der Waals surface area contributed by atoms with Crippen LogP contribution in [0.25, 0.3) is 21.8 Å². The van der Waals surface area contributed by atoms with Crippen LogP contribution < -0.4 is 14.8 Å². The Bertz CT molecular complexity index is 2140. The van der Waals surface area contributed by atoms with Gasteiger partial charge in [0.25, 0.3) is 0 Å². The highest BCUT2D eigenvalue weighted by atomic mass is 32.1. The summed E-state index contributed by atoms with van der Waals surface area (Å²) in [5.74, 6) is 8.52. The van der Waals surface area contributed by atoms with Gasteiger partial charge in [-0.2, -0.15) is 0 Å². The van der Waals surface area contributed by atoms with Crippen LogP contribution >= 0.6 is 11.3 Å². The topological polar surface area (TPSA) is 142 Å². The van der Waals surface area contributed by atoms with Gasteiger partial charge in [0.05, 0.1) is 13.0 Å². The zero-order valence-corrected chi connectivity index (χ0v) is 29.1. The number of terminal acetylenes is 2. The Morgan fingerprint density at radius 1 is 1.14 bits per heavy atom. The van der Waals surface area contributed by atoms with E-state index >= 15 is 0 Å². The Balaban J connectivity index is 1.64. The number of aryl methyl sites for hydroxylation is 1. The number of aromatic nitrogens is 3. The molecule has 51 heavy (non-hydrogen) atoms. The molecule has 1 aliphatic heterocycles. The number of hydrogen-bond donors (Lipinski definition) is 2. The minimum absolute atomic E-state index is 0.0147. The molecule has 0 radical (unpaired) electrons. The second-order valence-electron chi connectivity index (χ2n) is 12.1. The molecule has 2 atom stereocenters. The van der Waals surface area contributed by atoms with E-state index in [2.05, 4.69) is 66.8 Å². The Morgan fingerprint density at radius 3 is 2.51 bits per heavy atom. The summed E-state index contributed by atoms with van der Waals surface area (Å²) in [6, 6.07) is 7.02. The highest BCUT2D eigenvalue weighted by molar-refractivity contribution is 7.18. The van der Waals surface area contributed by atoms with Crippen molar-refractivity contribution in [1.82, 2.24) is 14.8 Å². The summed E-state index contributed by atoms with van der Waals surface area (Å²) in [6.45, 7) is 16.5. The molecule has 3 aromatic rings. The van der Waals surface area contributed by atoms with Crippen molar-refractivity contribution < 1.29 is 28.9 Å². The molecule has 2 unspecified atom stereocenters. The number of nitrogens with zero attached hydrogens (tertiary/aromatic N) is 5. The van der Waals surface area contributed by atoms with Crippen molar-refractivity contribution >= 4 is 45.4 Å². The maximum Gasteiger partial charge on any atom is 0.331 e. The maximum atomic E-state index is 14.1. The molecule has 1 fully saturated rings. The molecule has 12 nitrogen and oxygen atoms in total. The molecular formula is C38H32N6O6S. The Kier molecular flexibility index (Phi) is 11.1. The average molecular weight is 701 g/mol. The number of carbonyl (C=O) groups is 2. The number of nitrogens with one attached hydrogen (secondary N) is 1. The first kappa shape index (κ1) is 35.8. The second kappa shape index (κ2) is 15.8. The zero-order chi connectivity index (χ0) is 36.7. The molecule has 256 valence electrons. The molecule has 2 aliphatic rings. The quantitative estimate of drug-likeness (QED) is 0.148. The summed E-state index contributed by atoms with van der Waals surface area (Å²) in [4.78, 5) is 38.5. The van der Waals surface area contributed by atoms with Crippen LogP contribution in [0.2, 0.25) is 0 Å². The fourth-order valence-electron chi connectivity index (χ4n) is 6.22. The summed E-state index contributed by atoms with van der Waals surface area (Å²) in [5, 5.41) is 17.5. The molecule has 1 aromatic carbocycles. The number of rotatable bonds is 10. The minimum Gasteiger partial charge on any atom is -0.481 e. The van der Waals surface area contributed by atoms with Gasteiger partial charge in [0.2, 0.25) is 10.8 Å².